The molecular formula is C18H30N2. The maximum Gasteiger partial charge on any atom is 0.0672 e. The van der Waals surface area contributed by atoms with Gasteiger partial charge >= 0.3 is 0 Å². The molecule has 5 unspecified atom stereocenters. The van der Waals surface area contributed by atoms with Gasteiger partial charge in [-0.05, 0) is 63.3 Å². The maximum absolute atomic E-state index is 9.57. The molecule has 0 spiro atoms. The van der Waals surface area contributed by atoms with Gasteiger partial charge in [0.15, 0.2) is 0 Å². The highest BCUT2D eigenvalue weighted by Crippen LogP contribution is 2.42. The molecule has 20 heavy (non-hydrogen) atoms. The standard InChI is InChI=1S/C18H30N2/c1-2-5-14-9-10-16(13-19)18(12-14)20-11-4-7-15-6-3-8-17(15)20/h14-18H,2-12H2,1H3. The van der Waals surface area contributed by atoms with Crippen molar-refractivity contribution in [1.82, 2.24) is 4.90 Å². The van der Waals surface area contributed by atoms with E-state index in [9.17, 15) is 5.26 Å². The predicted octanol–water partition coefficient (Wildman–Crippen LogP) is 4.36. The van der Waals surface area contributed by atoms with Gasteiger partial charge < -0.3 is 0 Å². The molecule has 0 aromatic heterocycles. The van der Waals surface area contributed by atoms with Gasteiger partial charge in [0.25, 0.3) is 0 Å². The molecule has 0 amide bonds. The van der Waals surface area contributed by atoms with Crippen molar-refractivity contribution in [2.45, 2.75) is 83.2 Å². The summed E-state index contributed by atoms with van der Waals surface area (Å²) in [4.78, 5) is 2.80. The van der Waals surface area contributed by atoms with Crippen LogP contribution in [-0.2, 0) is 0 Å². The van der Waals surface area contributed by atoms with E-state index in [2.05, 4.69) is 17.9 Å². The van der Waals surface area contributed by atoms with Gasteiger partial charge in [-0.2, -0.15) is 5.26 Å². The summed E-state index contributed by atoms with van der Waals surface area (Å²) < 4.78 is 0. The first-order valence-electron chi connectivity index (χ1n) is 8.98. The lowest BCUT2D eigenvalue weighted by molar-refractivity contribution is 0.0196. The van der Waals surface area contributed by atoms with E-state index in [4.69, 9.17) is 0 Å². The lowest BCUT2D eigenvalue weighted by Gasteiger charge is -2.47. The van der Waals surface area contributed by atoms with Gasteiger partial charge in [0.05, 0.1) is 12.0 Å². The second-order valence-electron chi connectivity index (χ2n) is 7.41. The highest BCUT2D eigenvalue weighted by atomic mass is 15.2. The van der Waals surface area contributed by atoms with Crippen LogP contribution in [-0.4, -0.2) is 23.5 Å². The molecule has 2 nitrogen and oxygen atoms in total. The fourth-order valence-corrected chi connectivity index (χ4v) is 5.32. The van der Waals surface area contributed by atoms with Crippen molar-refractivity contribution < 1.29 is 0 Å². The molecule has 2 aliphatic carbocycles. The SMILES string of the molecule is CCCC1CCC(C#N)C(N2CCCC3CCCC32)C1. The third-order valence-corrected chi connectivity index (χ3v) is 6.25. The van der Waals surface area contributed by atoms with Crippen LogP contribution in [0.1, 0.15) is 71.1 Å². The van der Waals surface area contributed by atoms with Gasteiger partial charge in [-0.25, -0.2) is 0 Å². The molecule has 1 saturated heterocycles. The van der Waals surface area contributed by atoms with Crippen molar-refractivity contribution in [3.05, 3.63) is 0 Å². The van der Waals surface area contributed by atoms with E-state index in [1.54, 1.807) is 0 Å². The van der Waals surface area contributed by atoms with Crippen molar-refractivity contribution in [1.29, 1.82) is 5.26 Å². The minimum Gasteiger partial charge on any atom is -0.296 e. The van der Waals surface area contributed by atoms with Crippen LogP contribution >= 0.6 is 0 Å². The Kier molecular flexibility index (Phi) is 4.66. The van der Waals surface area contributed by atoms with Crippen molar-refractivity contribution in [2.75, 3.05) is 6.54 Å². The highest BCUT2D eigenvalue weighted by Gasteiger charge is 2.42. The number of fused-ring (bicyclic) bond motifs is 1. The number of hydrogen-bond donors (Lipinski definition) is 0. The molecule has 112 valence electrons. The summed E-state index contributed by atoms with van der Waals surface area (Å²) in [7, 11) is 0. The van der Waals surface area contributed by atoms with E-state index in [0.717, 1.165) is 24.3 Å². The topological polar surface area (TPSA) is 27.0 Å². The zero-order valence-corrected chi connectivity index (χ0v) is 13.1. The van der Waals surface area contributed by atoms with Crippen LogP contribution < -0.4 is 0 Å². The third kappa shape index (κ3) is 2.75. The molecule has 3 aliphatic rings. The average Bonchev–Trinajstić information content (AvgIpc) is 2.96. The summed E-state index contributed by atoms with van der Waals surface area (Å²) in [5.74, 6) is 2.15. The maximum atomic E-state index is 9.57. The first-order chi connectivity index (χ1) is 9.83. The molecule has 0 radical (unpaired) electrons. The number of nitriles is 1. The average molecular weight is 274 g/mol. The molecule has 1 heterocycles. The summed E-state index contributed by atoms with van der Waals surface area (Å²) in [6, 6.07) is 4.06. The molecule has 3 rings (SSSR count). The summed E-state index contributed by atoms with van der Waals surface area (Å²) >= 11 is 0. The lowest BCUT2D eigenvalue weighted by atomic mass is 9.75. The van der Waals surface area contributed by atoms with Crippen molar-refractivity contribution >= 4 is 0 Å². The minimum absolute atomic E-state index is 0.308. The van der Waals surface area contributed by atoms with Gasteiger partial charge in [-0.3, -0.25) is 4.90 Å². The van der Waals surface area contributed by atoms with Crippen LogP contribution in [0.2, 0.25) is 0 Å². The van der Waals surface area contributed by atoms with E-state index >= 15 is 0 Å². The van der Waals surface area contributed by atoms with E-state index in [1.165, 1.54) is 64.3 Å². The van der Waals surface area contributed by atoms with Crippen LogP contribution in [0.15, 0.2) is 0 Å². The van der Waals surface area contributed by atoms with Crippen LogP contribution in [0.25, 0.3) is 0 Å². The predicted molar refractivity (Wildman–Crippen MR) is 82.2 cm³/mol. The van der Waals surface area contributed by atoms with Crippen LogP contribution in [0.5, 0.6) is 0 Å². The Balaban J connectivity index is 1.72. The fraction of sp³-hybridized carbons (Fsp3) is 0.944. The number of hydrogen-bond acceptors (Lipinski definition) is 2. The Morgan fingerprint density at radius 1 is 1.05 bits per heavy atom. The zero-order chi connectivity index (χ0) is 13.9. The van der Waals surface area contributed by atoms with Gasteiger partial charge in [0.1, 0.15) is 0 Å². The van der Waals surface area contributed by atoms with Gasteiger partial charge in [-0.1, -0.05) is 26.2 Å². The van der Waals surface area contributed by atoms with E-state index in [1.807, 2.05) is 0 Å². The Hall–Kier alpha value is -0.550. The monoisotopic (exact) mass is 274 g/mol. The molecule has 0 N–H and O–H groups in total. The fourth-order valence-electron chi connectivity index (χ4n) is 5.32. The Morgan fingerprint density at radius 3 is 2.70 bits per heavy atom. The largest absolute Gasteiger partial charge is 0.296 e. The Morgan fingerprint density at radius 2 is 1.90 bits per heavy atom. The molecule has 0 bridgehead atoms. The molecular weight excluding hydrogens is 244 g/mol. The van der Waals surface area contributed by atoms with Gasteiger partial charge in [-0.15, -0.1) is 0 Å². The first-order valence-corrected chi connectivity index (χ1v) is 8.98. The Labute approximate surface area is 124 Å². The smallest absolute Gasteiger partial charge is 0.0672 e. The normalized spacial score (nSPS) is 42.1. The summed E-state index contributed by atoms with van der Waals surface area (Å²) in [5, 5.41) is 9.57. The molecule has 3 fully saturated rings. The van der Waals surface area contributed by atoms with Crippen LogP contribution in [0.4, 0.5) is 0 Å². The van der Waals surface area contributed by atoms with E-state index < -0.39 is 0 Å². The molecule has 2 saturated carbocycles. The third-order valence-electron chi connectivity index (χ3n) is 6.25. The quantitative estimate of drug-likeness (QED) is 0.764. The molecule has 0 aromatic rings. The van der Waals surface area contributed by atoms with Crippen LogP contribution in [0.3, 0.4) is 0 Å². The van der Waals surface area contributed by atoms with Gasteiger partial charge in [0, 0.05) is 12.1 Å². The highest BCUT2D eigenvalue weighted by molar-refractivity contribution is 5.01. The van der Waals surface area contributed by atoms with Crippen molar-refractivity contribution in [3.63, 3.8) is 0 Å². The number of piperidine rings is 1. The van der Waals surface area contributed by atoms with Crippen molar-refractivity contribution in [3.8, 4) is 6.07 Å². The number of nitrogens with zero attached hydrogens (tertiary/aromatic N) is 2. The van der Waals surface area contributed by atoms with Crippen LogP contribution in [0, 0.1) is 29.1 Å². The minimum atomic E-state index is 0.308. The number of rotatable bonds is 3. The molecule has 0 aromatic carbocycles. The molecule has 5 atom stereocenters. The van der Waals surface area contributed by atoms with E-state index in [-0.39, 0.29) is 0 Å². The second kappa shape index (κ2) is 6.48. The molecule has 2 heteroatoms. The lowest BCUT2D eigenvalue weighted by Crippen LogP contribution is -2.52. The number of likely N-dealkylation sites (tertiary alicyclic amines) is 1. The zero-order valence-electron chi connectivity index (χ0n) is 13.1. The van der Waals surface area contributed by atoms with Gasteiger partial charge in [0.2, 0.25) is 0 Å². The summed E-state index contributed by atoms with van der Waals surface area (Å²) in [6.07, 6.45) is 13.5. The second-order valence-corrected chi connectivity index (χ2v) is 7.41. The van der Waals surface area contributed by atoms with E-state index in [0.29, 0.717) is 12.0 Å². The van der Waals surface area contributed by atoms with Crippen molar-refractivity contribution in [2.24, 2.45) is 17.8 Å². The summed E-state index contributed by atoms with van der Waals surface area (Å²) in [6.45, 7) is 3.57. The first kappa shape index (κ1) is 14.4. The molecule has 1 aliphatic heterocycles. The summed E-state index contributed by atoms with van der Waals surface area (Å²) in [5.41, 5.74) is 0. The Bertz CT molecular complexity index is 359.